The zero-order valence-electron chi connectivity index (χ0n) is 11.2. The third-order valence-electron chi connectivity index (χ3n) is 2.49. The molecule has 0 heterocycles. The minimum absolute atomic E-state index is 0.102. The first-order chi connectivity index (χ1) is 7.70. The molecule has 17 heavy (non-hydrogen) atoms. The van der Waals surface area contributed by atoms with Crippen LogP contribution in [0.25, 0.3) is 0 Å². The molecular formula is C14H21FO2. The Kier molecular flexibility index (Phi) is 4.28. The molecule has 1 rings (SSSR count). The first-order valence-electron chi connectivity index (χ1n) is 5.79. The summed E-state index contributed by atoms with van der Waals surface area (Å²) in [6, 6.07) is 3.29. The van der Waals surface area contributed by atoms with Gasteiger partial charge in [-0.05, 0) is 51.8 Å². The van der Waals surface area contributed by atoms with Gasteiger partial charge in [-0.15, -0.1) is 0 Å². The Morgan fingerprint density at radius 1 is 1.29 bits per heavy atom. The summed E-state index contributed by atoms with van der Waals surface area (Å²) in [6.07, 6.45) is -0.921. The maximum atomic E-state index is 13.8. The third-order valence-corrected chi connectivity index (χ3v) is 2.49. The van der Waals surface area contributed by atoms with Gasteiger partial charge in [-0.3, -0.25) is 0 Å². The molecule has 0 amide bonds. The summed E-state index contributed by atoms with van der Waals surface area (Å²) in [5.74, 6) is -0.368. The Balaban J connectivity index is 2.86. The van der Waals surface area contributed by atoms with Crippen LogP contribution in [0.5, 0.6) is 0 Å². The van der Waals surface area contributed by atoms with Gasteiger partial charge in [0.05, 0.1) is 12.2 Å². The maximum absolute atomic E-state index is 13.8. The lowest BCUT2D eigenvalue weighted by Crippen LogP contribution is -2.23. The molecule has 1 atom stereocenters. The Morgan fingerprint density at radius 3 is 2.35 bits per heavy atom. The molecule has 1 N–H and O–H groups in total. The summed E-state index contributed by atoms with van der Waals surface area (Å²) < 4.78 is 19.2. The summed E-state index contributed by atoms with van der Waals surface area (Å²) in [7, 11) is 0. The van der Waals surface area contributed by atoms with Crippen molar-refractivity contribution in [1.82, 2.24) is 0 Å². The van der Waals surface area contributed by atoms with Crippen molar-refractivity contribution in [1.29, 1.82) is 0 Å². The van der Waals surface area contributed by atoms with E-state index in [1.54, 1.807) is 6.92 Å². The van der Waals surface area contributed by atoms with Gasteiger partial charge in [0.15, 0.2) is 0 Å². The van der Waals surface area contributed by atoms with Crippen LogP contribution in [0, 0.1) is 19.7 Å². The van der Waals surface area contributed by atoms with Crippen molar-refractivity contribution in [2.75, 3.05) is 6.61 Å². The molecule has 3 heteroatoms. The molecule has 0 aromatic heterocycles. The molecule has 0 spiro atoms. The second kappa shape index (κ2) is 5.15. The minimum atomic E-state index is -0.921. The van der Waals surface area contributed by atoms with Crippen molar-refractivity contribution in [2.24, 2.45) is 0 Å². The normalized spacial score (nSPS) is 13.8. The van der Waals surface area contributed by atoms with Crippen LogP contribution in [0.1, 0.15) is 43.6 Å². The standard InChI is InChI=1S/C14H21FO2/c1-9-6-10(2)13(11(15)7-9)12(16)8-17-14(3,4)5/h6-7,12,16H,8H2,1-5H3. The summed E-state index contributed by atoms with van der Waals surface area (Å²) in [4.78, 5) is 0. The molecule has 1 unspecified atom stereocenters. The van der Waals surface area contributed by atoms with Gasteiger partial charge in [0.1, 0.15) is 11.9 Å². The van der Waals surface area contributed by atoms with Crippen molar-refractivity contribution in [3.05, 3.63) is 34.6 Å². The molecule has 2 nitrogen and oxygen atoms in total. The Labute approximate surface area is 102 Å². The lowest BCUT2D eigenvalue weighted by molar-refractivity contribution is -0.0505. The Bertz CT molecular complexity index is 371. The largest absolute Gasteiger partial charge is 0.386 e. The van der Waals surface area contributed by atoms with Crippen LogP contribution in [0.15, 0.2) is 12.1 Å². The molecule has 1 aromatic carbocycles. The Morgan fingerprint density at radius 2 is 1.88 bits per heavy atom. The average Bonchev–Trinajstić information content (AvgIpc) is 2.11. The molecule has 0 aliphatic rings. The van der Waals surface area contributed by atoms with E-state index < -0.39 is 6.10 Å². The molecule has 0 fully saturated rings. The fourth-order valence-electron chi connectivity index (χ4n) is 1.76. The number of aliphatic hydroxyl groups excluding tert-OH is 1. The van der Waals surface area contributed by atoms with Crippen LogP contribution >= 0.6 is 0 Å². The number of hydrogen-bond acceptors (Lipinski definition) is 2. The van der Waals surface area contributed by atoms with Gasteiger partial charge < -0.3 is 9.84 Å². The highest BCUT2D eigenvalue weighted by Gasteiger charge is 2.19. The molecule has 1 aromatic rings. The zero-order valence-corrected chi connectivity index (χ0v) is 11.2. The lowest BCUT2D eigenvalue weighted by Gasteiger charge is -2.23. The highest BCUT2D eigenvalue weighted by atomic mass is 19.1. The molecule has 0 radical (unpaired) electrons. The predicted molar refractivity (Wildman–Crippen MR) is 66.5 cm³/mol. The number of hydrogen-bond donors (Lipinski definition) is 1. The van der Waals surface area contributed by atoms with E-state index >= 15 is 0 Å². The minimum Gasteiger partial charge on any atom is -0.386 e. The molecule has 0 bridgehead atoms. The predicted octanol–water partition coefficient (Wildman–Crippen LogP) is 3.29. The molecular weight excluding hydrogens is 219 g/mol. The van der Waals surface area contributed by atoms with Crippen LogP contribution in [0.4, 0.5) is 4.39 Å². The second-order valence-corrected chi connectivity index (χ2v) is 5.42. The van der Waals surface area contributed by atoms with Gasteiger partial charge in [-0.2, -0.15) is 0 Å². The summed E-state index contributed by atoms with van der Waals surface area (Å²) in [5.41, 5.74) is 1.61. The van der Waals surface area contributed by atoms with Gasteiger partial charge in [0, 0.05) is 5.56 Å². The van der Waals surface area contributed by atoms with Crippen LogP contribution in [-0.4, -0.2) is 17.3 Å². The second-order valence-electron chi connectivity index (χ2n) is 5.42. The SMILES string of the molecule is Cc1cc(C)c(C(O)COC(C)(C)C)c(F)c1. The van der Waals surface area contributed by atoms with Crippen LogP contribution in [0.3, 0.4) is 0 Å². The molecule has 0 aliphatic heterocycles. The van der Waals surface area contributed by atoms with Crippen LogP contribution < -0.4 is 0 Å². The molecule has 0 saturated heterocycles. The van der Waals surface area contributed by atoms with E-state index in [0.29, 0.717) is 5.56 Å². The first-order valence-corrected chi connectivity index (χ1v) is 5.79. The number of halogens is 1. The van der Waals surface area contributed by atoms with E-state index in [4.69, 9.17) is 4.74 Å². The highest BCUT2D eigenvalue weighted by molar-refractivity contribution is 5.33. The van der Waals surface area contributed by atoms with Crippen molar-refractivity contribution in [2.45, 2.75) is 46.3 Å². The fraction of sp³-hybridized carbons (Fsp3) is 0.571. The van der Waals surface area contributed by atoms with Crippen molar-refractivity contribution >= 4 is 0 Å². The molecule has 0 saturated carbocycles. The molecule has 96 valence electrons. The van der Waals surface area contributed by atoms with Gasteiger partial charge in [0.2, 0.25) is 0 Å². The summed E-state index contributed by atoms with van der Waals surface area (Å²) >= 11 is 0. The Hall–Kier alpha value is -0.930. The maximum Gasteiger partial charge on any atom is 0.129 e. The highest BCUT2D eigenvalue weighted by Crippen LogP contribution is 2.24. The summed E-state index contributed by atoms with van der Waals surface area (Å²) in [6.45, 7) is 9.43. The van der Waals surface area contributed by atoms with E-state index in [1.165, 1.54) is 6.07 Å². The summed E-state index contributed by atoms with van der Waals surface area (Å²) in [5, 5.41) is 9.97. The smallest absolute Gasteiger partial charge is 0.129 e. The van der Waals surface area contributed by atoms with E-state index in [-0.39, 0.29) is 18.0 Å². The van der Waals surface area contributed by atoms with E-state index in [2.05, 4.69) is 0 Å². The van der Waals surface area contributed by atoms with Gasteiger partial charge in [-0.1, -0.05) is 6.07 Å². The number of ether oxygens (including phenoxy) is 1. The van der Waals surface area contributed by atoms with Crippen molar-refractivity contribution in [3.8, 4) is 0 Å². The van der Waals surface area contributed by atoms with Crippen molar-refractivity contribution < 1.29 is 14.2 Å². The van der Waals surface area contributed by atoms with E-state index in [1.807, 2.05) is 33.8 Å². The topological polar surface area (TPSA) is 29.5 Å². The van der Waals surface area contributed by atoms with Crippen LogP contribution in [0.2, 0.25) is 0 Å². The van der Waals surface area contributed by atoms with Crippen molar-refractivity contribution in [3.63, 3.8) is 0 Å². The van der Waals surface area contributed by atoms with E-state index in [9.17, 15) is 9.50 Å². The molecule has 0 aliphatic carbocycles. The van der Waals surface area contributed by atoms with Gasteiger partial charge in [-0.25, -0.2) is 4.39 Å². The lowest BCUT2D eigenvalue weighted by atomic mass is 10.0. The number of benzene rings is 1. The van der Waals surface area contributed by atoms with Gasteiger partial charge >= 0.3 is 0 Å². The number of aliphatic hydroxyl groups is 1. The number of aryl methyl sites for hydroxylation is 2. The quantitative estimate of drug-likeness (QED) is 0.878. The zero-order chi connectivity index (χ0) is 13.2. The van der Waals surface area contributed by atoms with Crippen LogP contribution in [-0.2, 0) is 4.74 Å². The average molecular weight is 240 g/mol. The first kappa shape index (κ1) is 14.1. The monoisotopic (exact) mass is 240 g/mol. The van der Waals surface area contributed by atoms with Gasteiger partial charge in [0.25, 0.3) is 0 Å². The number of rotatable bonds is 3. The third kappa shape index (κ3) is 4.10. The fourth-order valence-corrected chi connectivity index (χ4v) is 1.76. The van der Waals surface area contributed by atoms with E-state index in [0.717, 1.165) is 11.1 Å².